The standard InChI is InChI=1S/C13H27N3O/c1-4-5-8-16-9-6-11(7-10-16)15-12(17)13(2,3)14/h11H,4-10,14H2,1-3H3,(H,15,17). The molecule has 17 heavy (non-hydrogen) atoms. The van der Waals surface area contributed by atoms with Gasteiger partial charge in [0, 0.05) is 19.1 Å². The van der Waals surface area contributed by atoms with Gasteiger partial charge in [0.1, 0.15) is 0 Å². The molecule has 0 bridgehead atoms. The maximum absolute atomic E-state index is 11.7. The van der Waals surface area contributed by atoms with Gasteiger partial charge in [-0.1, -0.05) is 13.3 Å². The molecular formula is C13H27N3O. The Morgan fingerprint density at radius 2 is 2.00 bits per heavy atom. The lowest BCUT2D eigenvalue weighted by molar-refractivity contribution is -0.126. The SMILES string of the molecule is CCCCN1CCC(NC(=O)C(C)(C)N)CC1. The number of rotatable bonds is 5. The van der Waals surface area contributed by atoms with Gasteiger partial charge in [-0.2, -0.15) is 0 Å². The predicted molar refractivity (Wildman–Crippen MR) is 70.8 cm³/mol. The molecule has 1 heterocycles. The molecule has 0 aromatic heterocycles. The maximum Gasteiger partial charge on any atom is 0.239 e. The molecule has 1 amide bonds. The van der Waals surface area contributed by atoms with Crippen molar-refractivity contribution in [3.8, 4) is 0 Å². The van der Waals surface area contributed by atoms with Crippen molar-refractivity contribution < 1.29 is 4.79 Å². The number of amides is 1. The minimum Gasteiger partial charge on any atom is -0.352 e. The summed E-state index contributed by atoms with van der Waals surface area (Å²) in [5.74, 6) is -0.0375. The van der Waals surface area contributed by atoms with Gasteiger partial charge in [-0.3, -0.25) is 4.79 Å². The first-order valence-corrected chi connectivity index (χ1v) is 6.75. The van der Waals surface area contributed by atoms with E-state index in [1.807, 2.05) is 0 Å². The zero-order chi connectivity index (χ0) is 12.9. The number of piperidine rings is 1. The highest BCUT2D eigenvalue weighted by Gasteiger charge is 2.26. The van der Waals surface area contributed by atoms with E-state index in [1.54, 1.807) is 13.8 Å². The smallest absolute Gasteiger partial charge is 0.239 e. The molecule has 1 fully saturated rings. The molecule has 1 rings (SSSR count). The Kier molecular flexibility index (Phi) is 5.40. The minimum atomic E-state index is -0.765. The first-order chi connectivity index (χ1) is 7.93. The molecule has 0 saturated carbocycles. The van der Waals surface area contributed by atoms with Crippen LogP contribution in [0.15, 0.2) is 0 Å². The molecule has 0 aliphatic carbocycles. The monoisotopic (exact) mass is 241 g/mol. The van der Waals surface area contributed by atoms with Crippen molar-refractivity contribution >= 4 is 5.91 Å². The number of carbonyl (C=O) groups excluding carboxylic acids is 1. The van der Waals surface area contributed by atoms with Crippen molar-refractivity contribution in [2.45, 2.75) is 58.0 Å². The topological polar surface area (TPSA) is 58.4 Å². The molecule has 100 valence electrons. The number of nitrogens with one attached hydrogen (secondary N) is 1. The van der Waals surface area contributed by atoms with Gasteiger partial charge in [0.25, 0.3) is 0 Å². The van der Waals surface area contributed by atoms with Crippen LogP contribution in [0.1, 0.15) is 46.5 Å². The summed E-state index contributed by atoms with van der Waals surface area (Å²) in [5, 5.41) is 3.04. The van der Waals surface area contributed by atoms with Gasteiger partial charge < -0.3 is 16.0 Å². The van der Waals surface area contributed by atoms with Crippen LogP contribution in [0.3, 0.4) is 0 Å². The summed E-state index contributed by atoms with van der Waals surface area (Å²) in [6, 6.07) is 0.309. The average molecular weight is 241 g/mol. The first kappa shape index (κ1) is 14.5. The summed E-state index contributed by atoms with van der Waals surface area (Å²) in [5.41, 5.74) is 5.00. The number of unbranched alkanes of at least 4 members (excludes halogenated alkanes) is 1. The first-order valence-electron chi connectivity index (χ1n) is 6.75. The fourth-order valence-electron chi connectivity index (χ4n) is 2.05. The molecule has 1 aliphatic heterocycles. The van der Waals surface area contributed by atoms with E-state index in [2.05, 4.69) is 17.1 Å². The van der Waals surface area contributed by atoms with Crippen molar-refractivity contribution in [1.82, 2.24) is 10.2 Å². The van der Waals surface area contributed by atoms with Crippen molar-refractivity contribution in [2.75, 3.05) is 19.6 Å². The Hall–Kier alpha value is -0.610. The number of likely N-dealkylation sites (tertiary alicyclic amines) is 1. The van der Waals surface area contributed by atoms with Crippen LogP contribution in [-0.4, -0.2) is 42.0 Å². The zero-order valence-corrected chi connectivity index (χ0v) is 11.5. The molecule has 0 unspecified atom stereocenters. The van der Waals surface area contributed by atoms with Crippen LogP contribution in [-0.2, 0) is 4.79 Å². The van der Waals surface area contributed by atoms with Crippen LogP contribution >= 0.6 is 0 Å². The Morgan fingerprint density at radius 3 is 2.47 bits per heavy atom. The fourth-order valence-corrected chi connectivity index (χ4v) is 2.05. The number of hydrogen-bond donors (Lipinski definition) is 2. The quantitative estimate of drug-likeness (QED) is 0.758. The lowest BCUT2D eigenvalue weighted by Crippen LogP contribution is -2.54. The summed E-state index contributed by atoms with van der Waals surface area (Å²) in [6.45, 7) is 9.10. The molecule has 4 nitrogen and oxygen atoms in total. The van der Waals surface area contributed by atoms with Gasteiger partial charge in [0.15, 0.2) is 0 Å². The summed E-state index contributed by atoms with van der Waals surface area (Å²) >= 11 is 0. The molecule has 4 heteroatoms. The van der Waals surface area contributed by atoms with Crippen LogP contribution < -0.4 is 11.1 Å². The summed E-state index contributed by atoms with van der Waals surface area (Å²) in [4.78, 5) is 14.2. The van der Waals surface area contributed by atoms with Gasteiger partial charge >= 0.3 is 0 Å². The number of carbonyl (C=O) groups is 1. The van der Waals surface area contributed by atoms with Gasteiger partial charge in [-0.25, -0.2) is 0 Å². The third-order valence-corrected chi connectivity index (χ3v) is 3.34. The molecule has 0 atom stereocenters. The normalized spacial score (nSPS) is 19.3. The van der Waals surface area contributed by atoms with Gasteiger partial charge in [0.05, 0.1) is 5.54 Å². The van der Waals surface area contributed by atoms with E-state index in [9.17, 15) is 4.79 Å². The Balaban J connectivity index is 2.25. The molecule has 0 radical (unpaired) electrons. The van der Waals surface area contributed by atoms with Crippen LogP contribution in [0.5, 0.6) is 0 Å². The highest BCUT2D eigenvalue weighted by molar-refractivity contribution is 5.85. The van der Waals surface area contributed by atoms with E-state index < -0.39 is 5.54 Å². The second-order valence-corrected chi connectivity index (χ2v) is 5.66. The van der Waals surface area contributed by atoms with Crippen molar-refractivity contribution in [3.63, 3.8) is 0 Å². The van der Waals surface area contributed by atoms with E-state index in [4.69, 9.17) is 5.73 Å². The van der Waals surface area contributed by atoms with Gasteiger partial charge in [0.2, 0.25) is 5.91 Å². The van der Waals surface area contributed by atoms with Crippen molar-refractivity contribution in [3.05, 3.63) is 0 Å². The molecular weight excluding hydrogens is 214 g/mol. The van der Waals surface area contributed by atoms with Crippen molar-refractivity contribution in [1.29, 1.82) is 0 Å². The molecule has 0 spiro atoms. The lowest BCUT2D eigenvalue weighted by Gasteiger charge is -2.33. The van der Waals surface area contributed by atoms with E-state index in [1.165, 1.54) is 19.4 Å². The van der Waals surface area contributed by atoms with E-state index in [0.29, 0.717) is 6.04 Å². The van der Waals surface area contributed by atoms with Gasteiger partial charge in [-0.05, 0) is 39.7 Å². The molecule has 1 saturated heterocycles. The summed E-state index contributed by atoms with van der Waals surface area (Å²) in [6.07, 6.45) is 4.61. The number of nitrogens with two attached hydrogens (primary N) is 1. The van der Waals surface area contributed by atoms with E-state index in [0.717, 1.165) is 25.9 Å². The highest BCUT2D eigenvalue weighted by Crippen LogP contribution is 2.12. The second-order valence-electron chi connectivity index (χ2n) is 5.66. The third kappa shape index (κ3) is 5.04. The van der Waals surface area contributed by atoms with E-state index in [-0.39, 0.29) is 5.91 Å². The highest BCUT2D eigenvalue weighted by atomic mass is 16.2. The van der Waals surface area contributed by atoms with E-state index >= 15 is 0 Å². The van der Waals surface area contributed by atoms with Crippen LogP contribution in [0.4, 0.5) is 0 Å². The molecule has 1 aliphatic rings. The summed E-state index contributed by atoms with van der Waals surface area (Å²) < 4.78 is 0. The maximum atomic E-state index is 11.7. The fraction of sp³-hybridized carbons (Fsp3) is 0.923. The number of nitrogens with zero attached hydrogens (tertiary/aromatic N) is 1. The Morgan fingerprint density at radius 1 is 1.41 bits per heavy atom. The molecule has 3 N–H and O–H groups in total. The zero-order valence-electron chi connectivity index (χ0n) is 11.5. The van der Waals surface area contributed by atoms with Crippen molar-refractivity contribution in [2.24, 2.45) is 5.73 Å². The number of hydrogen-bond acceptors (Lipinski definition) is 3. The second kappa shape index (κ2) is 6.36. The third-order valence-electron chi connectivity index (χ3n) is 3.34. The Bertz CT molecular complexity index is 240. The van der Waals surface area contributed by atoms with Crippen LogP contribution in [0, 0.1) is 0 Å². The predicted octanol–water partition coefficient (Wildman–Crippen LogP) is 1.10. The van der Waals surface area contributed by atoms with Crippen LogP contribution in [0.2, 0.25) is 0 Å². The molecule has 0 aromatic carbocycles. The Labute approximate surface area is 105 Å². The van der Waals surface area contributed by atoms with Gasteiger partial charge in [-0.15, -0.1) is 0 Å². The minimum absolute atomic E-state index is 0.0375. The largest absolute Gasteiger partial charge is 0.352 e. The lowest BCUT2D eigenvalue weighted by atomic mass is 10.0. The molecule has 0 aromatic rings. The van der Waals surface area contributed by atoms with Crippen LogP contribution in [0.25, 0.3) is 0 Å². The summed E-state index contributed by atoms with van der Waals surface area (Å²) in [7, 11) is 0. The average Bonchev–Trinajstić information content (AvgIpc) is 2.27.